The Kier molecular flexibility index (Phi) is 4.40. The molecule has 0 saturated carbocycles. The van der Waals surface area contributed by atoms with Crippen LogP contribution < -0.4 is 4.74 Å². The van der Waals surface area contributed by atoms with Gasteiger partial charge >= 0.3 is 0 Å². The summed E-state index contributed by atoms with van der Waals surface area (Å²) in [6.45, 7) is 1.45. The van der Waals surface area contributed by atoms with E-state index in [1.165, 1.54) is 0 Å². The molecule has 1 saturated heterocycles. The van der Waals surface area contributed by atoms with Gasteiger partial charge in [0.05, 0.1) is 13.2 Å². The minimum atomic E-state index is -0.115. The summed E-state index contributed by atoms with van der Waals surface area (Å²) < 4.78 is 11.4. The van der Waals surface area contributed by atoms with Crippen molar-refractivity contribution in [2.75, 3.05) is 19.8 Å². The SMILES string of the molecule is OCC#Cc1ccc2cc(OC3CCOCC3)ccc2c1. The molecule has 3 heteroatoms. The van der Waals surface area contributed by atoms with Crippen molar-refractivity contribution in [1.82, 2.24) is 0 Å². The minimum Gasteiger partial charge on any atom is -0.490 e. The zero-order chi connectivity index (χ0) is 14.5. The van der Waals surface area contributed by atoms with Crippen molar-refractivity contribution in [2.24, 2.45) is 0 Å². The highest BCUT2D eigenvalue weighted by molar-refractivity contribution is 5.85. The molecule has 0 amide bonds. The Balaban J connectivity index is 1.79. The number of rotatable bonds is 2. The molecular weight excluding hydrogens is 264 g/mol. The Labute approximate surface area is 124 Å². The van der Waals surface area contributed by atoms with Gasteiger partial charge in [0.1, 0.15) is 18.5 Å². The third-order valence-electron chi connectivity index (χ3n) is 3.59. The summed E-state index contributed by atoms with van der Waals surface area (Å²) in [4.78, 5) is 0. The monoisotopic (exact) mass is 282 g/mol. The summed E-state index contributed by atoms with van der Waals surface area (Å²) in [6.07, 6.45) is 2.16. The van der Waals surface area contributed by atoms with Crippen LogP contribution in [0.3, 0.4) is 0 Å². The average Bonchev–Trinajstić information content (AvgIpc) is 2.54. The van der Waals surface area contributed by atoms with Gasteiger partial charge in [-0.25, -0.2) is 0 Å². The van der Waals surface area contributed by atoms with E-state index in [0.717, 1.165) is 48.1 Å². The lowest BCUT2D eigenvalue weighted by molar-refractivity contribution is 0.0256. The van der Waals surface area contributed by atoms with Gasteiger partial charge in [-0.1, -0.05) is 24.0 Å². The third-order valence-corrected chi connectivity index (χ3v) is 3.59. The highest BCUT2D eigenvalue weighted by atomic mass is 16.5. The molecule has 0 bridgehead atoms. The lowest BCUT2D eigenvalue weighted by Crippen LogP contribution is -2.25. The number of benzene rings is 2. The molecule has 21 heavy (non-hydrogen) atoms. The fourth-order valence-corrected chi connectivity index (χ4v) is 2.50. The van der Waals surface area contributed by atoms with Crippen molar-refractivity contribution in [3.8, 4) is 17.6 Å². The second kappa shape index (κ2) is 6.62. The van der Waals surface area contributed by atoms with E-state index in [-0.39, 0.29) is 12.7 Å². The van der Waals surface area contributed by atoms with Crippen molar-refractivity contribution in [1.29, 1.82) is 0 Å². The summed E-state index contributed by atoms with van der Waals surface area (Å²) in [5, 5.41) is 11.0. The first-order chi connectivity index (χ1) is 10.3. The normalized spacial score (nSPS) is 15.5. The van der Waals surface area contributed by atoms with Gasteiger partial charge in [-0.15, -0.1) is 0 Å². The lowest BCUT2D eigenvalue weighted by atomic mass is 10.1. The standard InChI is InChI=1S/C18H18O3/c19-9-1-2-14-3-4-16-13-18(6-5-15(16)12-14)21-17-7-10-20-11-8-17/h3-6,12-13,17,19H,7-11H2. The van der Waals surface area contributed by atoms with Crippen LogP contribution in [0.25, 0.3) is 10.8 Å². The highest BCUT2D eigenvalue weighted by Crippen LogP contribution is 2.24. The zero-order valence-corrected chi connectivity index (χ0v) is 11.8. The molecule has 3 rings (SSSR count). The second-order valence-electron chi connectivity index (χ2n) is 5.11. The van der Waals surface area contributed by atoms with Crippen LogP contribution in [0.4, 0.5) is 0 Å². The first-order valence-corrected chi connectivity index (χ1v) is 7.23. The molecule has 1 aliphatic heterocycles. The van der Waals surface area contributed by atoms with Gasteiger partial charge in [0.2, 0.25) is 0 Å². The maximum absolute atomic E-state index is 8.73. The first-order valence-electron chi connectivity index (χ1n) is 7.23. The van der Waals surface area contributed by atoms with Gasteiger partial charge in [0, 0.05) is 18.4 Å². The molecule has 1 fully saturated rings. The van der Waals surface area contributed by atoms with E-state index in [1.54, 1.807) is 0 Å². The number of fused-ring (bicyclic) bond motifs is 1. The van der Waals surface area contributed by atoms with Crippen LogP contribution in [0.1, 0.15) is 18.4 Å². The van der Waals surface area contributed by atoms with E-state index in [4.69, 9.17) is 14.6 Å². The number of hydrogen-bond acceptors (Lipinski definition) is 3. The predicted octanol–water partition coefficient (Wildman–Crippen LogP) is 2.74. The molecule has 0 aromatic heterocycles. The van der Waals surface area contributed by atoms with Crippen LogP contribution in [0.2, 0.25) is 0 Å². The van der Waals surface area contributed by atoms with Gasteiger partial charge < -0.3 is 14.6 Å². The fourth-order valence-electron chi connectivity index (χ4n) is 2.50. The molecular formula is C18H18O3. The van der Waals surface area contributed by atoms with Crippen LogP contribution in [0.15, 0.2) is 36.4 Å². The van der Waals surface area contributed by atoms with Crippen LogP contribution in [-0.2, 0) is 4.74 Å². The molecule has 1 heterocycles. The second-order valence-corrected chi connectivity index (χ2v) is 5.11. The van der Waals surface area contributed by atoms with Crippen LogP contribution in [-0.4, -0.2) is 31.0 Å². The molecule has 0 spiro atoms. The molecule has 0 unspecified atom stereocenters. The lowest BCUT2D eigenvalue weighted by Gasteiger charge is -2.23. The smallest absolute Gasteiger partial charge is 0.120 e. The Morgan fingerprint density at radius 2 is 1.86 bits per heavy atom. The Bertz CT molecular complexity index is 676. The van der Waals surface area contributed by atoms with Crippen LogP contribution >= 0.6 is 0 Å². The summed E-state index contributed by atoms with van der Waals surface area (Å²) in [5.41, 5.74) is 0.912. The number of ether oxygens (including phenoxy) is 2. The summed E-state index contributed by atoms with van der Waals surface area (Å²) in [7, 11) is 0. The molecule has 1 N–H and O–H groups in total. The van der Waals surface area contributed by atoms with Gasteiger partial charge in [-0.3, -0.25) is 0 Å². The fraction of sp³-hybridized carbons (Fsp3) is 0.333. The van der Waals surface area contributed by atoms with E-state index in [2.05, 4.69) is 17.9 Å². The zero-order valence-electron chi connectivity index (χ0n) is 11.8. The summed E-state index contributed by atoms with van der Waals surface area (Å²) >= 11 is 0. The van der Waals surface area contributed by atoms with E-state index in [1.807, 2.05) is 30.3 Å². The van der Waals surface area contributed by atoms with Crippen LogP contribution in [0.5, 0.6) is 5.75 Å². The van der Waals surface area contributed by atoms with Crippen molar-refractivity contribution in [3.63, 3.8) is 0 Å². The number of hydrogen-bond donors (Lipinski definition) is 1. The Morgan fingerprint density at radius 1 is 1.10 bits per heavy atom. The molecule has 2 aromatic carbocycles. The van der Waals surface area contributed by atoms with Crippen molar-refractivity contribution in [3.05, 3.63) is 42.0 Å². The van der Waals surface area contributed by atoms with E-state index in [0.29, 0.717) is 0 Å². The average molecular weight is 282 g/mol. The minimum absolute atomic E-state index is 0.115. The maximum atomic E-state index is 8.73. The third kappa shape index (κ3) is 3.55. The van der Waals surface area contributed by atoms with Crippen molar-refractivity contribution < 1.29 is 14.6 Å². The predicted molar refractivity (Wildman–Crippen MR) is 82.4 cm³/mol. The quantitative estimate of drug-likeness (QED) is 0.861. The largest absolute Gasteiger partial charge is 0.490 e. The van der Waals surface area contributed by atoms with E-state index in [9.17, 15) is 0 Å². The molecule has 0 radical (unpaired) electrons. The summed E-state index contributed by atoms with van der Waals surface area (Å²) in [5.74, 6) is 6.49. The van der Waals surface area contributed by atoms with E-state index < -0.39 is 0 Å². The first kappa shape index (κ1) is 13.9. The summed E-state index contributed by atoms with van der Waals surface area (Å²) in [6, 6.07) is 12.1. The number of aliphatic hydroxyl groups excluding tert-OH is 1. The molecule has 0 atom stereocenters. The van der Waals surface area contributed by atoms with Crippen LogP contribution in [0, 0.1) is 11.8 Å². The van der Waals surface area contributed by atoms with Gasteiger partial charge in [-0.2, -0.15) is 0 Å². The van der Waals surface area contributed by atoms with Gasteiger partial charge in [-0.05, 0) is 35.0 Å². The molecule has 0 aliphatic carbocycles. The molecule has 108 valence electrons. The van der Waals surface area contributed by atoms with Crippen molar-refractivity contribution >= 4 is 10.8 Å². The van der Waals surface area contributed by atoms with E-state index >= 15 is 0 Å². The number of aliphatic hydroxyl groups is 1. The maximum Gasteiger partial charge on any atom is 0.120 e. The van der Waals surface area contributed by atoms with Crippen molar-refractivity contribution in [2.45, 2.75) is 18.9 Å². The highest BCUT2D eigenvalue weighted by Gasteiger charge is 2.15. The molecule has 2 aromatic rings. The Hall–Kier alpha value is -2.02. The molecule has 1 aliphatic rings. The molecule has 3 nitrogen and oxygen atoms in total. The Morgan fingerprint density at radius 3 is 2.67 bits per heavy atom. The van der Waals surface area contributed by atoms with Gasteiger partial charge in [0.25, 0.3) is 0 Å². The topological polar surface area (TPSA) is 38.7 Å². The van der Waals surface area contributed by atoms with Gasteiger partial charge in [0.15, 0.2) is 0 Å².